The second-order valence-corrected chi connectivity index (χ2v) is 12.1. The van der Waals surface area contributed by atoms with Gasteiger partial charge < -0.3 is 34.6 Å². The van der Waals surface area contributed by atoms with Gasteiger partial charge in [-0.25, -0.2) is 19.6 Å². The molecule has 1 aromatic carbocycles. The van der Waals surface area contributed by atoms with Gasteiger partial charge in [-0.05, 0) is 63.4 Å². The first-order valence-corrected chi connectivity index (χ1v) is 15.2. The monoisotopic (exact) mass is 634 g/mol. The molecule has 3 heterocycles. The van der Waals surface area contributed by atoms with Gasteiger partial charge in [-0.3, -0.25) is 9.36 Å². The summed E-state index contributed by atoms with van der Waals surface area (Å²) in [6, 6.07) is 10.3. The van der Waals surface area contributed by atoms with Crippen LogP contribution in [-0.4, -0.2) is 95.6 Å². The van der Waals surface area contributed by atoms with Gasteiger partial charge in [0.05, 0.1) is 30.7 Å². The molecule has 46 heavy (non-hydrogen) atoms. The van der Waals surface area contributed by atoms with Crippen LogP contribution in [0.4, 0.5) is 21.1 Å². The first-order chi connectivity index (χ1) is 22.0. The number of alkyl carbamates (subject to hydrolysis) is 1. The van der Waals surface area contributed by atoms with Crippen LogP contribution in [0.25, 0.3) is 11.0 Å². The molecule has 3 aromatic rings. The van der Waals surface area contributed by atoms with Crippen LogP contribution < -0.4 is 20.3 Å². The van der Waals surface area contributed by atoms with E-state index in [0.717, 1.165) is 6.42 Å². The number of hydrogen-bond donors (Lipinski definition) is 2. The Labute approximate surface area is 268 Å². The molecule has 0 spiro atoms. The number of benzene rings is 1. The minimum absolute atomic E-state index is 0.0138. The van der Waals surface area contributed by atoms with Crippen molar-refractivity contribution in [2.75, 3.05) is 56.7 Å². The fourth-order valence-corrected chi connectivity index (χ4v) is 5.18. The van der Waals surface area contributed by atoms with Gasteiger partial charge in [0.25, 0.3) is 0 Å². The largest absolute Gasteiger partial charge is 0.491 e. The minimum Gasteiger partial charge on any atom is -0.491 e. The highest BCUT2D eigenvalue weighted by atomic mass is 16.6. The van der Waals surface area contributed by atoms with E-state index in [1.165, 1.54) is 10.9 Å². The number of fused-ring (bicyclic) bond motifs is 1. The smallest absolute Gasteiger partial charge is 0.407 e. The molecule has 3 amide bonds. The number of carbonyl (C=O) groups is 3. The Morgan fingerprint density at radius 1 is 1.11 bits per heavy atom. The van der Waals surface area contributed by atoms with Crippen LogP contribution >= 0.6 is 0 Å². The third-order valence-electron chi connectivity index (χ3n) is 7.53. The second kappa shape index (κ2) is 15.4. The van der Waals surface area contributed by atoms with Gasteiger partial charge in [0.15, 0.2) is 5.65 Å². The maximum absolute atomic E-state index is 13.2. The lowest BCUT2D eigenvalue weighted by molar-refractivity contribution is -0.131. The van der Waals surface area contributed by atoms with Gasteiger partial charge >= 0.3 is 12.1 Å². The zero-order chi connectivity index (χ0) is 33.3. The maximum atomic E-state index is 13.2. The van der Waals surface area contributed by atoms with Crippen molar-refractivity contribution in [3.05, 3.63) is 42.9 Å². The van der Waals surface area contributed by atoms with E-state index in [2.05, 4.69) is 27.5 Å². The zero-order valence-corrected chi connectivity index (χ0v) is 27.0. The van der Waals surface area contributed by atoms with Crippen LogP contribution in [0.15, 0.2) is 42.9 Å². The summed E-state index contributed by atoms with van der Waals surface area (Å²) in [5, 5.41) is 15.2. The Morgan fingerprint density at radius 3 is 2.59 bits per heavy atom. The summed E-state index contributed by atoms with van der Waals surface area (Å²) in [4.78, 5) is 49.9. The number of piperidine rings is 1. The molecule has 0 unspecified atom stereocenters. The standard InChI is InChI=1S/C32H42N8O6/c1-22-11-15-39(27(41)10-13-33)20-26(22)38(5)28-25-12-16-40(29(25)36-21-35-28)30(42)37-23-6-8-24(9-7-23)45-19-18-44-17-14-34-31(43)46-32(2,3)4/h6-9,12,16,21-22,26H,10-11,14-15,17-20H2,1-5H3,(H,34,43)(H,37,42)/t22-,26+/m1/s1. The molecule has 0 radical (unpaired) electrons. The molecule has 2 aromatic heterocycles. The number of amides is 3. The zero-order valence-electron chi connectivity index (χ0n) is 27.0. The van der Waals surface area contributed by atoms with Crippen molar-refractivity contribution >= 4 is 40.6 Å². The highest BCUT2D eigenvalue weighted by Gasteiger charge is 2.33. The van der Waals surface area contributed by atoms with Crippen molar-refractivity contribution in [3.8, 4) is 11.8 Å². The molecule has 14 nitrogen and oxygen atoms in total. The molecular weight excluding hydrogens is 592 g/mol. The Morgan fingerprint density at radius 2 is 1.87 bits per heavy atom. The molecule has 1 saturated heterocycles. The number of nitrogens with one attached hydrogen (secondary N) is 2. The van der Waals surface area contributed by atoms with Crippen LogP contribution in [-0.2, 0) is 14.3 Å². The molecule has 1 aliphatic heterocycles. The number of likely N-dealkylation sites (tertiary alicyclic amines) is 1. The van der Waals surface area contributed by atoms with Gasteiger partial charge in [-0.15, -0.1) is 0 Å². The van der Waals surface area contributed by atoms with Gasteiger partial charge in [-0.1, -0.05) is 6.92 Å². The number of likely N-dealkylation sites (N-methyl/N-ethyl adjacent to an activating group) is 1. The SMILES string of the molecule is C[C@@H]1CCN(C(=O)CC#N)C[C@@H]1N(C)c1ncnc2c1ccn2C(=O)Nc1ccc(OCCOCCNC(=O)OC(C)(C)C)cc1. The van der Waals surface area contributed by atoms with Crippen LogP contribution in [0.5, 0.6) is 5.75 Å². The van der Waals surface area contributed by atoms with Crippen molar-refractivity contribution in [2.45, 2.75) is 52.2 Å². The lowest BCUT2D eigenvalue weighted by atomic mass is 9.92. The van der Waals surface area contributed by atoms with Crippen molar-refractivity contribution in [3.63, 3.8) is 0 Å². The summed E-state index contributed by atoms with van der Waals surface area (Å²) >= 11 is 0. The van der Waals surface area contributed by atoms with E-state index in [0.29, 0.717) is 73.7 Å². The third kappa shape index (κ3) is 9.07. The van der Waals surface area contributed by atoms with Crippen LogP contribution in [0.2, 0.25) is 0 Å². The molecule has 1 fully saturated rings. The highest BCUT2D eigenvalue weighted by molar-refractivity contribution is 6.00. The van der Waals surface area contributed by atoms with E-state index < -0.39 is 11.7 Å². The van der Waals surface area contributed by atoms with Crippen molar-refractivity contribution in [1.82, 2.24) is 24.8 Å². The summed E-state index contributed by atoms with van der Waals surface area (Å²) in [6.07, 6.45) is 3.27. The van der Waals surface area contributed by atoms with Gasteiger partial charge in [0.1, 0.15) is 36.5 Å². The Balaban J connectivity index is 1.29. The second-order valence-electron chi connectivity index (χ2n) is 12.1. The van der Waals surface area contributed by atoms with Gasteiger partial charge in [-0.2, -0.15) is 5.26 Å². The number of rotatable bonds is 11. The lowest BCUT2D eigenvalue weighted by Gasteiger charge is -2.42. The maximum Gasteiger partial charge on any atom is 0.407 e. The van der Waals surface area contributed by atoms with Crippen molar-refractivity contribution in [1.29, 1.82) is 5.26 Å². The fourth-order valence-electron chi connectivity index (χ4n) is 5.18. The van der Waals surface area contributed by atoms with Gasteiger partial charge in [0.2, 0.25) is 5.91 Å². The Bertz CT molecular complexity index is 1540. The minimum atomic E-state index is -0.549. The fraction of sp³-hybridized carbons (Fsp3) is 0.500. The number of nitriles is 1. The molecule has 1 aliphatic rings. The number of aromatic nitrogens is 3. The molecule has 0 aliphatic carbocycles. The molecule has 4 rings (SSSR count). The summed E-state index contributed by atoms with van der Waals surface area (Å²) in [5.74, 6) is 1.40. The molecule has 0 saturated carbocycles. The van der Waals surface area contributed by atoms with Crippen LogP contribution in [0.3, 0.4) is 0 Å². The van der Waals surface area contributed by atoms with Gasteiger partial charge in [0, 0.05) is 38.6 Å². The Kier molecular flexibility index (Phi) is 11.4. The number of anilines is 2. The van der Waals surface area contributed by atoms with E-state index in [4.69, 9.17) is 19.5 Å². The summed E-state index contributed by atoms with van der Waals surface area (Å²) < 4.78 is 17.8. The van der Waals surface area contributed by atoms with E-state index in [1.54, 1.807) is 62.2 Å². The average Bonchev–Trinajstić information content (AvgIpc) is 3.45. The number of hydrogen-bond acceptors (Lipinski definition) is 10. The molecule has 0 bridgehead atoms. The highest BCUT2D eigenvalue weighted by Crippen LogP contribution is 2.30. The predicted octanol–water partition coefficient (Wildman–Crippen LogP) is 4.02. The first-order valence-electron chi connectivity index (χ1n) is 15.2. The van der Waals surface area contributed by atoms with E-state index in [9.17, 15) is 14.4 Å². The first kappa shape index (κ1) is 34.0. The van der Waals surface area contributed by atoms with E-state index in [-0.39, 0.29) is 24.4 Å². The van der Waals surface area contributed by atoms with Crippen molar-refractivity contribution < 1.29 is 28.6 Å². The van der Waals surface area contributed by atoms with E-state index >= 15 is 0 Å². The molecular formula is C32H42N8O6. The number of nitrogens with zero attached hydrogens (tertiary/aromatic N) is 6. The molecule has 14 heteroatoms. The molecule has 246 valence electrons. The normalized spacial score (nSPS) is 16.4. The third-order valence-corrected chi connectivity index (χ3v) is 7.53. The predicted molar refractivity (Wildman–Crippen MR) is 172 cm³/mol. The van der Waals surface area contributed by atoms with E-state index in [1.807, 2.05) is 18.0 Å². The summed E-state index contributed by atoms with van der Waals surface area (Å²) in [7, 11) is 1.93. The number of ether oxygens (including phenoxy) is 3. The Hall–Kier alpha value is -4.90. The molecule has 2 N–H and O–H groups in total. The average molecular weight is 635 g/mol. The van der Waals surface area contributed by atoms with Crippen LogP contribution in [0.1, 0.15) is 40.5 Å². The summed E-state index contributed by atoms with van der Waals surface area (Å²) in [5.41, 5.74) is 0.483. The molecule has 2 atom stereocenters. The topological polar surface area (TPSA) is 164 Å². The lowest BCUT2D eigenvalue weighted by Crippen LogP contribution is -2.52. The van der Waals surface area contributed by atoms with Crippen LogP contribution in [0, 0.1) is 17.2 Å². The summed E-state index contributed by atoms with van der Waals surface area (Å²) in [6.45, 7) is 9.97. The number of carbonyl (C=O) groups excluding carboxylic acids is 3. The van der Waals surface area contributed by atoms with Crippen molar-refractivity contribution in [2.24, 2.45) is 5.92 Å². The quantitative estimate of drug-likeness (QED) is 0.295.